The first-order valence-electron chi connectivity index (χ1n) is 6.98. The highest BCUT2D eigenvalue weighted by molar-refractivity contribution is 5.80. The third-order valence-corrected chi connectivity index (χ3v) is 3.70. The zero-order valence-corrected chi connectivity index (χ0v) is 10.7. The molecule has 2 N–H and O–H groups in total. The Bertz CT molecular complexity index is 417. The minimum atomic E-state index is 0.629. The first-order valence-corrected chi connectivity index (χ1v) is 6.98. The molecule has 1 aromatic heterocycles. The molecular formula is C13H21N5. The van der Waals surface area contributed by atoms with E-state index >= 15 is 0 Å². The molecule has 2 aliphatic rings. The van der Waals surface area contributed by atoms with Crippen molar-refractivity contribution in [2.45, 2.75) is 44.7 Å². The van der Waals surface area contributed by atoms with Gasteiger partial charge in [-0.3, -0.25) is 9.67 Å². The molecule has 1 fully saturated rings. The summed E-state index contributed by atoms with van der Waals surface area (Å²) in [4.78, 5) is 4.39. The van der Waals surface area contributed by atoms with E-state index in [0.29, 0.717) is 6.04 Å². The second kappa shape index (κ2) is 5.42. The molecule has 0 unspecified atom stereocenters. The average molecular weight is 247 g/mol. The molecule has 0 aromatic carbocycles. The maximum atomic E-state index is 4.65. The van der Waals surface area contributed by atoms with E-state index in [1.165, 1.54) is 25.7 Å². The van der Waals surface area contributed by atoms with Gasteiger partial charge in [0, 0.05) is 19.3 Å². The van der Waals surface area contributed by atoms with Crippen LogP contribution in [0.25, 0.3) is 0 Å². The molecule has 98 valence electrons. The number of rotatable bonds is 3. The van der Waals surface area contributed by atoms with Crippen LogP contribution >= 0.6 is 0 Å². The lowest BCUT2D eigenvalue weighted by molar-refractivity contribution is 0.462. The van der Waals surface area contributed by atoms with E-state index < -0.39 is 0 Å². The van der Waals surface area contributed by atoms with Crippen molar-refractivity contribution >= 4 is 5.96 Å². The number of hydrogen-bond donors (Lipinski definition) is 2. The molecule has 2 heterocycles. The fourth-order valence-electron chi connectivity index (χ4n) is 2.67. The molecule has 18 heavy (non-hydrogen) atoms. The van der Waals surface area contributed by atoms with Gasteiger partial charge >= 0.3 is 0 Å². The van der Waals surface area contributed by atoms with Crippen LogP contribution in [0.1, 0.15) is 43.8 Å². The third kappa shape index (κ3) is 2.66. The molecule has 0 amide bonds. The molecule has 5 nitrogen and oxygen atoms in total. The number of nitrogens with one attached hydrogen (secondary N) is 2. The summed E-state index contributed by atoms with van der Waals surface area (Å²) in [5.41, 5.74) is 1.09. The molecule has 1 aliphatic carbocycles. The zero-order chi connectivity index (χ0) is 12.2. The Labute approximate surface area is 108 Å². The van der Waals surface area contributed by atoms with E-state index in [-0.39, 0.29) is 0 Å². The van der Waals surface area contributed by atoms with Gasteiger partial charge in [0.05, 0.1) is 18.3 Å². The van der Waals surface area contributed by atoms with Gasteiger partial charge in [-0.2, -0.15) is 5.10 Å². The van der Waals surface area contributed by atoms with Gasteiger partial charge in [0.2, 0.25) is 0 Å². The highest BCUT2D eigenvalue weighted by Gasteiger charge is 2.17. The molecule has 1 saturated carbocycles. The first kappa shape index (κ1) is 11.6. The van der Waals surface area contributed by atoms with Gasteiger partial charge in [0.15, 0.2) is 5.96 Å². The van der Waals surface area contributed by atoms with Gasteiger partial charge in [0.25, 0.3) is 0 Å². The molecule has 1 aliphatic heterocycles. The molecule has 0 bridgehead atoms. The highest BCUT2D eigenvalue weighted by atomic mass is 15.3. The molecule has 3 rings (SSSR count). The topological polar surface area (TPSA) is 54.2 Å². The van der Waals surface area contributed by atoms with Crippen molar-refractivity contribution in [2.75, 3.05) is 13.1 Å². The minimum Gasteiger partial charge on any atom is -0.356 e. The van der Waals surface area contributed by atoms with Crippen molar-refractivity contribution in [3.8, 4) is 0 Å². The Hall–Kier alpha value is -1.52. The van der Waals surface area contributed by atoms with Gasteiger partial charge in [-0.05, 0) is 25.3 Å². The average Bonchev–Trinajstić information content (AvgIpc) is 3.08. The van der Waals surface area contributed by atoms with Crippen LogP contribution in [0.5, 0.6) is 0 Å². The van der Waals surface area contributed by atoms with Crippen molar-refractivity contribution in [3.63, 3.8) is 0 Å². The summed E-state index contributed by atoms with van der Waals surface area (Å²) in [5.74, 6) is 0.914. The Morgan fingerprint density at radius 3 is 3.00 bits per heavy atom. The maximum absolute atomic E-state index is 4.65. The summed E-state index contributed by atoms with van der Waals surface area (Å²) in [7, 11) is 0. The summed E-state index contributed by atoms with van der Waals surface area (Å²) < 4.78 is 2.14. The molecule has 1 aromatic rings. The Morgan fingerprint density at radius 1 is 1.33 bits per heavy atom. The van der Waals surface area contributed by atoms with Gasteiger partial charge in [-0.25, -0.2) is 0 Å². The van der Waals surface area contributed by atoms with Crippen LogP contribution in [-0.2, 0) is 6.54 Å². The zero-order valence-electron chi connectivity index (χ0n) is 10.7. The fraction of sp³-hybridized carbons (Fsp3) is 0.692. The second-order valence-electron chi connectivity index (χ2n) is 5.09. The molecular weight excluding hydrogens is 226 g/mol. The first-order chi connectivity index (χ1) is 8.92. The SMILES string of the molecule is c1cn(C2CCCC2)nc1CNC1=NCCCN1. The molecule has 0 atom stereocenters. The van der Waals surface area contributed by atoms with Crippen LogP contribution in [0.4, 0.5) is 0 Å². The summed E-state index contributed by atoms with van der Waals surface area (Å²) >= 11 is 0. The Balaban J connectivity index is 1.54. The molecule has 0 radical (unpaired) electrons. The third-order valence-electron chi connectivity index (χ3n) is 3.70. The lowest BCUT2D eigenvalue weighted by Gasteiger charge is -2.15. The summed E-state index contributed by atoms with van der Waals surface area (Å²) in [6.07, 6.45) is 8.49. The van der Waals surface area contributed by atoms with E-state index in [4.69, 9.17) is 0 Å². The van der Waals surface area contributed by atoms with Crippen LogP contribution in [0, 0.1) is 0 Å². The second-order valence-corrected chi connectivity index (χ2v) is 5.09. The van der Waals surface area contributed by atoms with Crippen molar-refractivity contribution in [1.82, 2.24) is 20.4 Å². The van der Waals surface area contributed by atoms with E-state index in [0.717, 1.165) is 37.7 Å². The summed E-state index contributed by atoms with van der Waals surface area (Å²) in [5, 5.41) is 11.2. The fourth-order valence-corrected chi connectivity index (χ4v) is 2.67. The predicted molar refractivity (Wildman–Crippen MR) is 71.5 cm³/mol. The van der Waals surface area contributed by atoms with Crippen LogP contribution in [0.2, 0.25) is 0 Å². The lowest BCUT2D eigenvalue weighted by Crippen LogP contribution is -2.40. The maximum Gasteiger partial charge on any atom is 0.191 e. The Morgan fingerprint density at radius 2 is 2.22 bits per heavy atom. The molecule has 0 spiro atoms. The van der Waals surface area contributed by atoms with Gasteiger partial charge in [-0.1, -0.05) is 12.8 Å². The highest BCUT2D eigenvalue weighted by Crippen LogP contribution is 2.28. The van der Waals surface area contributed by atoms with Crippen LogP contribution in [0.15, 0.2) is 17.3 Å². The minimum absolute atomic E-state index is 0.629. The van der Waals surface area contributed by atoms with Crippen LogP contribution in [0.3, 0.4) is 0 Å². The summed E-state index contributed by atoms with van der Waals surface area (Å²) in [6.45, 7) is 2.69. The van der Waals surface area contributed by atoms with Gasteiger partial charge < -0.3 is 10.6 Å². The number of guanidine groups is 1. The number of nitrogens with zero attached hydrogens (tertiary/aromatic N) is 3. The molecule has 0 saturated heterocycles. The van der Waals surface area contributed by atoms with Crippen LogP contribution < -0.4 is 10.6 Å². The standard InChI is InChI=1S/C13H21N5/c1-2-5-12(4-1)18-9-6-11(17-18)10-16-13-14-7-3-8-15-13/h6,9,12H,1-5,7-8,10H2,(H2,14,15,16). The van der Waals surface area contributed by atoms with Crippen molar-refractivity contribution in [1.29, 1.82) is 0 Å². The number of hydrogen-bond acceptors (Lipinski definition) is 4. The predicted octanol–water partition coefficient (Wildman–Crippen LogP) is 1.44. The Kier molecular flexibility index (Phi) is 3.48. The van der Waals surface area contributed by atoms with Crippen molar-refractivity contribution in [3.05, 3.63) is 18.0 Å². The van der Waals surface area contributed by atoms with E-state index in [2.05, 4.69) is 37.7 Å². The lowest BCUT2D eigenvalue weighted by atomic mass is 10.3. The van der Waals surface area contributed by atoms with Gasteiger partial charge in [0.1, 0.15) is 0 Å². The van der Waals surface area contributed by atoms with E-state index in [1.807, 2.05) is 0 Å². The molecule has 5 heteroatoms. The normalized spacial score (nSPS) is 20.6. The number of aromatic nitrogens is 2. The number of aliphatic imine (C=N–C) groups is 1. The van der Waals surface area contributed by atoms with Crippen molar-refractivity contribution < 1.29 is 0 Å². The van der Waals surface area contributed by atoms with E-state index in [9.17, 15) is 0 Å². The van der Waals surface area contributed by atoms with Gasteiger partial charge in [-0.15, -0.1) is 0 Å². The monoisotopic (exact) mass is 247 g/mol. The van der Waals surface area contributed by atoms with Crippen molar-refractivity contribution in [2.24, 2.45) is 4.99 Å². The summed E-state index contributed by atoms with van der Waals surface area (Å²) in [6, 6.07) is 2.73. The van der Waals surface area contributed by atoms with Crippen LogP contribution in [-0.4, -0.2) is 28.8 Å². The largest absolute Gasteiger partial charge is 0.356 e. The smallest absolute Gasteiger partial charge is 0.191 e. The quantitative estimate of drug-likeness (QED) is 0.849. The van der Waals surface area contributed by atoms with E-state index in [1.54, 1.807) is 0 Å².